The molecule has 8 nitrogen and oxygen atoms in total. The van der Waals surface area contributed by atoms with E-state index >= 15 is 0 Å². The van der Waals surface area contributed by atoms with Gasteiger partial charge >= 0.3 is 5.97 Å². The number of nitrogens with two attached hydrogens (primary N) is 1. The SMILES string of the molecule is Cc1nn(C)c(N(C)C2COCC2C(=O)O)c1C(N)=O. The number of hydrogen-bond donors (Lipinski definition) is 2. The number of primary amides is 1. The molecule has 0 aliphatic carbocycles. The number of carbonyl (C=O) groups is 2. The first kappa shape index (κ1) is 14.3. The lowest BCUT2D eigenvalue weighted by atomic mass is 10.0. The van der Waals surface area contributed by atoms with Crippen molar-refractivity contribution in [2.45, 2.75) is 13.0 Å². The van der Waals surface area contributed by atoms with Gasteiger partial charge in [0, 0.05) is 14.1 Å². The average molecular weight is 282 g/mol. The molecule has 0 spiro atoms. The van der Waals surface area contributed by atoms with Crippen LogP contribution in [0.2, 0.25) is 0 Å². The summed E-state index contributed by atoms with van der Waals surface area (Å²) in [6.45, 7) is 2.14. The molecule has 20 heavy (non-hydrogen) atoms. The number of anilines is 1. The first-order chi connectivity index (χ1) is 9.34. The van der Waals surface area contributed by atoms with E-state index in [0.29, 0.717) is 17.1 Å². The van der Waals surface area contributed by atoms with Gasteiger partial charge in [-0.3, -0.25) is 14.3 Å². The highest BCUT2D eigenvalue weighted by atomic mass is 16.5. The zero-order valence-corrected chi connectivity index (χ0v) is 11.7. The molecule has 110 valence electrons. The third-order valence-corrected chi connectivity index (χ3v) is 3.64. The molecular formula is C12H18N4O4. The van der Waals surface area contributed by atoms with Crippen LogP contribution in [-0.4, -0.2) is 53.1 Å². The van der Waals surface area contributed by atoms with E-state index < -0.39 is 17.8 Å². The number of likely N-dealkylation sites (N-methyl/N-ethyl adjacent to an activating group) is 1. The Labute approximate surface area is 116 Å². The van der Waals surface area contributed by atoms with Crippen LogP contribution in [0.5, 0.6) is 0 Å². The second-order valence-corrected chi connectivity index (χ2v) is 4.93. The lowest BCUT2D eigenvalue weighted by Gasteiger charge is -2.28. The summed E-state index contributed by atoms with van der Waals surface area (Å²) in [4.78, 5) is 24.5. The van der Waals surface area contributed by atoms with Gasteiger partial charge < -0.3 is 20.5 Å². The predicted octanol–water partition coefficient (Wildman–Crippen LogP) is -0.637. The van der Waals surface area contributed by atoms with Gasteiger partial charge in [0.2, 0.25) is 0 Å². The van der Waals surface area contributed by atoms with E-state index in [9.17, 15) is 14.7 Å². The number of aromatic nitrogens is 2. The average Bonchev–Trinajstić information content (AvgIpc) is 2.92. The van der Waals surface area contributed by atoms with E-state index in [1.807, 2.05) is 0 Å². The van der Waals surface area contributed by atoms with Crippen LogP contribution in [-0.2, 0) is 16.6 Å². The van der Waals surface area contributed by atoms with Crippen LogP contribution in [0.1, 0.15) is 16.1 Å². The van der Waals surface area contributed by atoms with Crippen molar-refractivity contribution in [1.29, 1.82) is 0 Å². The molecule has 1 amide bonds. The molecule has 1 fully saturated rings. The highest BCUT2D eigenvalue weighted by Crippen LogP contribution is 2.28. The molecule has 0 bridgehead atoms. The minimum atomic E-state index is -0.918. The van der Waals surface area contributed by atoms with Crippen molar-refractivity contribution in [3.05, 3.63) is 11.3 Å². The van der Waals surface area contributed by atoms with E-state index in [4.69, 9.17) is 10.5 Å². The molecule has 0 aromatic carbocycles. The van der Waals surface area contributed by atoms with Crippen LogP contribution < -0.4 is 10.6 Å². The quantitative estimate of drug-likeness (QED) is 0.760. The smallest absolute Gasteiger partial charge is 0.311 e. The van der Waals surface area contributed by atoms with E-state index in [2.05, 4.69) is 5.10 Å². The Kier molecular flexibility index (Phi) is 3.67. The summed E-state index contributed by atoms with van der Waals surface area (Å²) in [5.41, 5.74) is 6.23. The molecule has 3 N–H and O–H groups in total. The highest BCUT2D eigenvalue weighted by molar-refractivity contribution is 5.99. The molecule has 2 atom stereocenters. The topological polar surface area (TPSA) is 111 Å². The molecule has 1 aromatic heterocycles. The molecule has 2 heterocycles. The van der Waals surface area contributed by atoms with Crippen LogP contribution in [0.15, 0.2) is 0 Å². The maximum absolute atomic E-state index is 11.6. The fraction of sp³-hybridized carbons (Fsp3) is 0.583. The summed E-state index contributed by atoms with van der Waals surface area (Å²) in [5.74, 6) is -1.63. The van der Waals surface area contributed by atoms with Crippen LogP contribution >= 0.6 is 0 Å². The summed E-state index contributed by atoms with van der Waals surface area (Å²) in [7, 11) is 3.41. The highest BCUT2D eigenvalue weighted by Gasteiger charge is 2.39. The lowest BCUT2D eigenvalue weighted by molar-refractivity contribution is -0.141. The summed E-state index contributed by atoms with van der Waals surface area (Å²) in [5, 5.41) is 13.4. The molecule has 1 aromatic rings. The standard InChI is InChI=1S/C12H18N4O4/c1-6-9(10(13)17)11(16(3)14-6)15(2)8-5-20-4-7(8)12(18)19/h7-8H,4-5H2,1-3H3,(H2,13,17)(H,18,19). The maximum atomic E-state index is 11.6. The van der Waals surface area contributed by atoms with Crippen molar-refractivity contribution in [3.63, 3.8) is 0 Å². The Morgan fingerprint density at radius 1 is 1.50 bits per heavy atom. The van der Waals surface area contributed by atoms with Gasteiger partial charge in [0.15, 0.2) is 0 Å². The number of aryl methyl sites for hydroxylation is 2. The fourth-order valence-electron chi connectivity index (χ4n) is 2.66. The Morgan fingerprint density at radius 2 is 2.15 bits per heavy atom. The molecule has 2 unspecified atom stereocenters. The van der Waals surface area contributed by atoms with Crippen molar-refractivity contribution in [3.8, 4) is 0 Å². The van der Waals surface area contributed by atoms with Crippen LogP contribution in [0.4, 0.5) is 5.82 Å². The Hall–Kier alpha value is -2.09. The summed E-state index contributed by atoms with van der Waals surface area (Å²) >= 11 is 0. The Bertz CT molecular complexity index is 554. The van der Waals surface area contributed by atoms with E-state index in [0.717, 1.165) is 0 Å². The molecule has 1 aliphatic heterocycles. The van der Waals surface area contributed by atoms with Crippen molar-refractivity contribution in [2.75, 3.05) is 25.2 Å². The second kappa shape index (κ2) is 5.12. The first-order valence-corrected chi connectivity index (χ1v) is 6.21. The number of carboxylic acids is 1. The Balaban J connectivity index is 2.41. The monoisotopic (exact) mass is 282 g/mol. The van der Waals surface area contributed by atoms with Gasteiger partial charge in [-0.1, -0.05) is 0 Å². The van der Waals surface area contributed by atoms with Gasteiger partial charge in [-0.25, -0.2) is 0 Å². The molecule has 0 radical (unpaired) electrons. The predicted molar refractivity (Wildman–Crippen MR) is 70.6 cm³/mol. The molecule has 1 saturated heterocycles. The fourth-order valence-corrected chi connectivity index (χ4v) is 2.66. The van der Waals surface area contributed by atoms with Gasteiger partial charge in [0.25, 0.3) is 5.91 Å². The molecular weight excluding hydrogens is 264 g/mol. The number of rotatable bonds is 4. The van der Waals surface area contributed by atoms with Gasteiger partial charge in [0.05, 0.1) is 24.9 Å². The summed E-state index contributed by atoms with van der Waals surface area (Å²) in [6.07, 6.45) is 0. The van der Waals surface area contributed by atoms with Crippen LogP contribution in [0, 0.1) is 12.8 Å². The van der Waals surface area contributed by atoms with Gasteiger partial charge in [-0.05, 0) is 6.92 Å². The van der Waals surface area contributed by atoms with E-state index in [1.54, 1.807) is 25.9 Å². The van der Waals surface area contributed by atoms with Crippen molar-refractivity contribution in [1.82, 2.24) is 9.78 Å². The number of hydrogen-bond acceptors (Lipinski definition) is 5. The number of aliphatic carboxylic acids is 1. The van der Waals surface area contributed by atoms with Crippen molar-refractivity contribution in [2.24, 2.45) is 18.7 Å². The minimum absolute atomic E-state index is 0.160. The maximum Gasteiger partial charge on any atom is 0.311 e. The molecule has 2 rings (SSSR count). The molecule has 1 aliphatic rings. The third-order valence-electron chi connectivity index (χ3n) is 3.64. The number of carboxylic acid groups (broad SMARTS) is 1. The van der Waals surface area contributed by atoms with E-state index in [1.165, 1.54) is 4.68 Å². The summed E-state index contributed by atoms with van der Waals surface area (Å²) < 4.78 is 6.79. The largest absolute Gasteiger partial charge is 0.481 e. The minimum Gasteiger partial charge on any atom is -0.481 e. The zero-order valence-electron chi connectivity index (χ0n) is 11.7. The molecule has 8 heteroatoms. The number of carbonyl (C=O) groups excluding carboxylic acids is 1. The van der Waals surface area contributed by atoms with Crippen molar-refractivity contribution < 1.29 is 19.4 Å². The zero-order chi connectivity index (χ0) is 15.0. The number of ether oxygens (including phenoxy) is 1. The normalized spacial score (nSPS) is 21.9. The van der Waals surface area contributed by atoms with Crippen LogP contribution in [0.3, 0.4) is 0 Å². The van der Waals surface area contributed by atoms with E-state index in [-0.39, 0.29) is 19.3 Å². The third kappa shape index (κ3) is 2.22. The lowest BCUT2D eigenvalue weighted by Crippen LogP contribution is -2.42. The Morgan fingerprint density at radius 3 is 2.70 bits per heavy atom. The molecule has 0 saturated carbocycles. The second-order valence-electron chi connectivity index (χ2n) is 4.93. The van der Waals surface area contributed by atoms with Crippen LogP contribution in [0.25, 0.3) is 0 Å². The van der Waals surface area contributed by atoms with Gasteiger partial charge in [0.1, 0.15) is 17.3 Å². The van der Waals surface area contributed by atoms with Gasteiger partial charge in [-0.15, -0.1) is 0 Å². The van der Waals surface area contributed by atoms with Gasteiger partial charge in [-0.2, -0.15) is 5.10 Å². The number of nitrogens with zero attached hydrogens (tertiary/aromatic N) is 3. The summed E-state index contributed by atoms with van der Waals surface area (Å²) in [6, 6.07) is -0.361. The number of amides is 1. The first-order valence-electron chi connectivity index (χ1n) is 6.21. The van der Waals surface area contributed by atoms with Crippen molar-refractivity contribution >= 4 is 17.7 Å².